The first kappa shape index (κ1) is 13.2. The highest BCUT2D eigenvalue weighted by Crippen LogP contribution is 2.28. The van der Waals surface area contributed by atoms with E-state index < -0.39 is 0 Å². The molecule has 0 saturated carbocycles. The Morgan fingerprint density at radius 3 is 2.76 bits per heavy atom. The molecule has 5 nitrogen and oxygen atoms in total. The summed E-state index contributed by atoms with van der Waals surface area (Å²) in [6.07, 6.45) is 0. The first-order valence-electron chi connectivity index (χ1n) is 6.14. The fourth-order valence-corrected chi connectivity index (χ4v) is 2.61. The molecular weight excluding hydrogens is 284 g/mol. The Kier molecular flexibility index (Phi) is 3.58. The number of hydrogen-bond donors (Lipinski definition) is 0. The van der Waals surface area contributed by atoms with E-state index in [9.17, 15) is 0 Å². The van der Waals surface area contributed by atoms with E-state index in [2.05, 4.69) is 21.3 Å². The summed E-state index contributed by atoms with van der Waals surface area (Å²) in [5, 5.41) is 19.7. The third-order valence-electron chi connectivity index (χ3n) is 2.86. The topological polar surface area (TPSA) is 71.7 Å². The Labute approximate surface area is 125 Å². The number of rotatable bonds is 3. The molecule has 0 N–H and O–H groups in total. The van der Waals surface area contributed by atoms with Crippen molar-refractivity contribution in [2.24, 2.45) is 0 Å². The molecule has 0 aliphatic heterocycles. The SMILES string of the molecule is COc1ccc(-c2nc(-c3cccc(C#N)c3)cs2)nn1. The monoisotopic (exact) mass is 294 g/mol. The van der Waals surface area contributed by atoms with E-state index >= 15 is 0 Å². The van der Waals surface area contributed by atoms with Gasteiger partial charge in [-0.15, -0.1) is 21.5 Å². The molecule has 2 heterocycles. The molecule has 6 heteroatoms. The van der Waals surface area contributed by atoms with Crippen molar-refractivity contribution >= 4 is 11.3 Å². The Morgan fingerprint density at radius 1 is 1.14 bits per heavy atom. The van der Waals surface area contributed by atoms with Gasteiger partial charge in [-0.2, -0.15) is 5.26 Å². The zero-order chi connectivity index (χ0) is 14.7. The minimum absolute atomic E-state index is 0.470. The van der Waals surface area contributed by atoms with Crippen LogP contribution in [-0.2, 0) is 0 Å². The minimum Gasteiger partial charge on any atom is -0.480 e. The zero-order valence-corrected chi connectivity index (χ0v) is 12.0. The van der Waals surface area contributed by atoms with Crippen molar-refractivity contribution in [3.8, 4) is 33.9 Å². The lowest BCUT2D eigenvalue weighted by atomic mass is 10.1. The van der Waals surface area contributed by atoms with Gasteiger partial charge < -0.3 is 4.74 Å². The molecule has 0 aliphatic carbocycles. The van der Waals surface area contributed by atoms with E-state index in [0.29, 0.717) is 17.1 Å². The zero-order valence-electron chi connectivity index (χ0n) is 11.1. The summed E-state index contributed by atoms with van der Waals surface area (Å²) in [7, 11) is 1.55. The van der Waals surface area contributed by atoms with E-state index in [4.69, 9.17) is 10.00 Å². The number of methoxy groups -OCH3 is 1. The highest BCUT2D eigenvalue weighted by Gasteiger charge is 2.09. The third kappa shape index (κ3) is 2.73. The van der Waals surface area contributed by atoms with Crippen LogP contribution in [0, 0.1) is 11.3 Å². The van der Waals surface area contributed by atoms with Crippen LogP contribution in [0.3, 0.4) is 0 Å². The normalized spacial score (nSPS) is 10.1. The maximum absolute atomic E-state index is 8.94. The van der Waals surface area contributed by atoms with Gasteiger partial charge in [-0.1, -0.05) is 12.1 Å². The molecule has 0 atom stereocenters. The highest BCUT2D eigenvalue weighted by molar-refractivity contribution is 7.13. The molecule has 102 valence electrons. The summed E-state index contributed by atoms with van der Waals surface area (Å²) in [5.41, 5.74) is 3.05. The van der Waals surface area contributed by atoms with Gasteiger partial charge in [-0.25, -0.2) is 4.98 Å². The number of ether oxygens (including phenoxy) is 1. The standard InChI is InChI=1S/C15H10N4OS/c1-20-14-6-5-12(18-19-14)15-17-13(9-21-15)11-4-2-3-10(7-11)8-16/h2-7,9H,1H3. The van der Waals surface area contributed by atoms with Gasteiger partial charge in [0.25, 0.3) is 0 Å². The quantitative estimate of drug-likeness (QED) is 0.742. The average molecular weight is 294 g/mol. The Morgan fingerprint density at radius 2 is 2.05 bits per heavy atom. The highest BCUT2D eigenvalue weighted by atomic mass is 32.1. The predicted molar refractivity (Wildman–Crippen MR) is 79.8 cm³/mol. The molecule has 0 spiro atoms. The Hall–Kier alpha value is -2.78. The van der Waals surface area contributed by atoms with Crippen molar-refractivity contribution in [2.45, 2.75) is 0 Å². The number of nitrogens with zero attached hydrogens (tertiary/aromatic N) is 4. The van der Waals surface area contributed by atoms with Crippen molar-refractivity contribution < 1.29 is 4.74 Å². The van der Waals surface area contributed by atoms with E-state index in [0.717, 1.165) is 16.3 Å². The molecule has 3 rings (SSSR count). The lowest BCUT2D eigenvalue weighted by molar-refractivity contribution is 0.392. The van der Waals surface area contributed by atoms with Gasteiger partial charge in [0.2, 0.25) is 5.88 Å². The average Bonchev–Trinajstić information content (AvgIpc) is 3.05. The van der Waals surface area contributed by atoms with Crippen LogP contribution >= 0.6 is 11.3 Å². The second kappa shape index (κ2) is 5.69. The van der Waals surface area contributed by atoms with Crippen molar-refractivity contribution in [3.63, 3.8) is 0 Å². The molecule has 0 amide bonds. The summed E-state index contributed by atoms with van der Waals surface area (Å²) in [4.78, 5) is 4.55. The summed E-state index contributed by atoms with van der Waals surface area (Å²) in [5.74, 6) is 0.470. The van der Waals surface area contributed by atoms with Crippen molar-refractivity contribution in [1.29, 1.82) is 5.26 Å². The maximum atomic E-state index is 8.94. The largest absolute Gasteiger partial charge is 0.480 e. The van der Waals surface area contributed by atoms with Crippen LogP contribution in [0.15, 0.2) is 41.8 Å². The number of hydrogen-bond acceptors (Lipinski definition) is 6. The second-order valence-corrected chi connectivity index (χ2v) is 5.05. The smallest absolute Gasteiger partial charge is 0.233 e. The van der Waals surface area contributed by atoms with Gasteiger partial charge in [0.15, 0.2) is 0 Å². The van der Waals surface area contributed by atoms with Gasteiger partial charge in [-0.3, -0.25) is 0 Å². The van der Waals surface area contributed by atoms with E-state index in [1.54, 1.807) is 19.2 Å². The molecule has 0 unspecified atom stereocenters. The van der Waals surface area contributed by atoms with Crippen LogP contribution < -0.4 is 4.74 Å². The lowest BCUT2D eigenvalue weighted by Crippen LogP contribution is -1.91. The first-order valence-corrected chi connectivity index (χ1v) is 7.02. The van der Waals surface area contributed by atoms with E-state index in [1.807, 2.05) is 29.6 Å². The van der Waals surface area contributed by atoms with E-state index in [-0.39, 0.29) is 0 Å². The van der Waals surface area contributed by atoms with Crippen LogP contribution in [0.1, 0.15) is 5.56 Å². The number of thiazole rings is 1. The molecule has 21 heavy (non-hydrogen) atoms. The van der Waals surface area contributed by atoms with Crippen LogP contribution in [0.4, 0.5) is 0 Å². The molecule has 2 aromatic heterocycles. The van der Waals surface area contributed by atoms with Crippen molar-refractivity contribution in [1.82, 2.24) is 15.2 Å². The van der Waals surface area contributed by atoms with Gasteiger partial charge in [0.05, 0.1) is 24.4 Å². The summed E-state index contributed by atoms with van der Waals surface area (Å²) < 4.78 is 4.98. The molecule has 1 aromatic carbocycles. The van der Waals surface area contributed by atoms with Gasteiger partial charge >= 0.3 is 0 Å². The molecule has 0 aliphatic rings. The molecule has 0 radical (unpaired) electrons. The van der Waals surface area contributed by atoms with Crippen LogP contribution in [0.2, 0.25) is 0 Å². The summed E-state index contributed by atoms with van der Waals surface area (Å²) in [6, 6.07) is 13.1. The maximum Gasteiger partial charge on any atom is 0.233 e. The van der Waals surface area contributed by atoms with Crippen LogP contribution in [0.25, 0.3) is 22.0 Å². The van der Waals surface area contributed by atoms with Gasteiger partial charge in [-0.05, 0) is 18.2 Å². The second-order valence-electron chi connectivity index (χ2n) is 4.19. The van der Waals surface area contributed by atoms with Crippen LogP contribution in [-0.4, -0.2) is 22.3 Å². The number of aromatic nitrogens is 3. The minimum atomic E-state index is 0.470. The third-order valence-corrected chi connectivity index (χ3v) is 3.72. The number of nitriles is 1. The fourth-order valence-electron chi connectivity index (χ4n) is 1.82. The molecule has 0 fully saturated rings. The molecular formula is C15H10N4OS. The fraction of sp³-hybridized carbons (Fsp3) is 0.0667. The van der Waals surface area contributed by atoms with E-state index in [1.165, 1.54) is 11.3 Å². The first-order chi connectivity index (χ1) is 10.3. The van der Waals surface area contributed by atoms with Crippen LogP contribution in [0.5, 0.6) is 5.88 Å². The summed E-state index contributed by atoms with van der Waals surface area (Å²) in [6.45, 7) is 0. The Balaban J connectivity index is 1.93. The lowest BCUT2D eigenvalue weighted by Gasteiger charge is -1.98. The van der Waals surface area contributed by atoms with Crippen molar-refractivity contribution in [2.75, 3.05) is 7.11 Å². The summed E-state index contributed by atoms with van der Waals surface area (Å²) >= 11 is 1.49. The van der Waals surface area contributed by atoms with Crippen molar-refractivity contribution in [3.05, 3.63) is 47.3 Å². The van der Waals surface area contributed by atoms with Gasteiger partial charge in [0.1, 0.15) is 10.7 Å². The molecule has 0 bridgehead atoms. The predicted octanol–water partition coefficient (Wildman–Crippen LogP) is 3.15. The van der Waals surface area contributed by atoms with Gasteiger partial charge in [0, 0.05) is 17.0 Å². The molecule has 3 aromatic rings. The molecule has 0 saturated heterocycles. The Bertz CT molecular complexity index is 805. The number of benzene rings is 1.